The van der Waals surface area contributed by atoms with Gasteiger partial charge in [-0.05, 0) is 36.4 Å². The van der Waals surface area contributed by atoms with E-state index in [0.29, 0.717) is 10.6 Å². The molecule has 0 aliphatic heterocycles. The lowest BCUT2D eigenvalue weighted by Crippen LogP contribution is -2.21. The Bertz CT molecular complexity index is 1060. The monoisotopic (exact) mass is 418 g/mol. The Hall–Kier alpha value is -2.62. The van der Waals surface area contributed by atoms with Crippen LogP contribution in [0.4, 0.5) is 0 Å². The van der Waals surface area contributed by atoms with Crippen LogP contribution in [0.15, 0.2) is 80.2 Å². The van der Waals surface area contributed by atoms with Crippen molar-refractivity contribution >= 4 is 27.8 Å². The van der Waals surface area contributed by atoms with Gasteiger partial charge in [0.1, 0.15) is 17.4 Å². The van der Waals surface area contributed by atoms with E-state index >= 15 is 0 Å². The fourth-order valence-corrected chi connectivity index (χ4v) is 3.90. The van der Waals surface area contributed by atoms with E-state index < -0.39 is 16.0 Å². The van der Waals surface area contributed by atoms with Gasteiger partial charge in [-0.25, -0.2) is 22.5 Å². The Balaban J connectivity index is 1.70. The van der Waals surface area contributed by atoms with E-state index in [1.807, 2.05) is 30.3 Å². The third-order valence-corrected chi connectivity index (χ3v) is 6.38. The Labute approximate surface area is 167 Å². The lowest BCUT2D eigenvalue weighted by molar-refractivity contribution is 0.0435. The van der Waals surface area contributed by atoms with Crippen molar-refractivity contribution in [3.63, 3.8) is 0 Å². The molecule has 0 fully saturated rings. The second-order valence-electron chi connectivity index (χ2n) is 5.86. The first kappa shape index (κ1) is 20.1. The van der Waals surface area contributed by atoms with Crippen molar-refractivity contribution in [3.8, 4) is 0 Å². The molecular formula is C19H18N2O5S2. The predicted octanol–water partition coefficient (Wildman–Crippen LogP) is 3.43. The lowest BCUT2D eigenvalue weighted by atomic mass is 10.3. The molecule has 3 rings (SSSR count). The van der Waals surface area contributed by atoms with Gasteiger partial charge in [0.15, 0.2) is 0 Å². The van der Waals surface area contributed by atoms with E-state index in [9.17, 15) is 13.2 Å². The van der Waals surface area contributed by atoms with Gasteiger partial charge < -0.3 is 9.15 Å². The maximum Gasteiger partial charge on any atom is 0.341 e. The molecule has 2 heterocycles. The largest absolute Gasteiger partial charge is 0.454 e. The van der Waals surface area contributed by atoms with Gasteiger partial charge in [-0.3, -0.25) is 0 Å². The number of furan rings is 1. The van der Waals surface area contributed by atoms with Crippen LogP contribution in [0.1, 0.15) is 16.1 Å². The van der Waals surface area contributed by atoms with Crippen LogP contribution in [-0.4, -0.2) is 37.8 Å². The second-order valence-corrected chi connectivity index (χ2v) is 9.00. The summed E-state index contributed by atoms with van der Waals surface area (Å²) in [7, 11) is -0.858. The number of pyridine rings is 1. The smallest absolute Gasteiger partial charge is 0.341 e. The molecule has 0 N–H and O–H groups in total. The Morgan fingerprint density at radius 3 is 2.57 bits per heavy atom. The molecule has 146 valence electrons. The van der Waals surface area contributed by atoms with E-state index in [1.54, 1.807) is 18.3 Å². The Morgan fingerprint density at radius 1 is 1.11 bits per heavy atom. The number of carbonyl (C=O) groups excluding carboxylic acids is 1. The Morgan fingerprint density at radius 2 is 1.86 bits per heavy atom. The van der Waals surface area contributed by atoms with E-state index in [0.717, 1.165) is 9.20 Å². The maximum absolute atomic E-state index is 12.5. The summed E-state index contributed by atoms with van der Waals surface area (Å²) in [6.45, 7) is -0.188. The highest BCUT2D eigenvalue weighted by atomic mass is 32.2. The maximum atomic E-state index is 12.5. The zero-order chi connectivity index (χ0) is 20.1. The van der Waals surface area contributed by atoms with Crippen molar-refractivity contribution in [3.05, 3.63) is 72.1 Å². The number of nitrogens with zero attached hydrogens (tertiary/aromatic N) is 2. The number of ether oxygens (including phenoxy) is 1. The van der Waals surface area contributed by atoms with Crippen LogP contribution in [0.3, 0.4) is 0 Å². The number of hydrogen-bond donors (Lipinski definition) is 0. The molecule has 0 amide bonds. The molecular weight excluding hydrogens is 400 g/mol. The van der Waals surface area contributed by atoms with Crippen LogP contribution in [0.25, 0.3) is 0 Å². The summed E-state index contributed by atoms with van der Waals surface area (Å²) in [4.78, 5) is 17.7. The van der Waals surface area contributed by atoms with Crippen molar-refractivity contribution in [1.82, 2.24) is 9.29 Å². The third kappa shape index (κ3) is 4.61. The molecule has 0 atom stereocenters. The summed E-state index contributed by atoms with van der Waals surface area (Å²) in [5.41, 5.74) is 0.323. The van der Waals surface area contributed by atoms with Crippen LogP contribution < -0.4 is 0 Å². The molecule has 0 saturated heterocycles. The Kier molecular flexibility index (Phi) is 6.18. The summed E-state index contributed by atoms with van der Waals surface area (Å²) in [5.74, 6) is -0.338. The minimum absolute atomic E-state index is 0.188. The molecule has 7 nitrogen and oxygen atoms in total. The SMILES string of the molecule is CN(C)S(=O)(=O)c1ccc(COC(=O)c2cccnc2Sc2ccccc2)o1. The average molecular weight is 418 g/mol. The first-order valence-corrected chi connectivity index (χ1v) is 10.5. The van der Waals surface area contributed by atoms with Gasteiger partial charge in [0.25, 0.3) is 10.0 Å². The summed E-state index contributed by atoms with van der Waals surface area (Å²) in [5, 5.41) is 0.319. The molecule has 0 aliphatic carbocycles. The van der Waals surface area contributed by atoms with Crippen molar-refractivity contribution in [2.75, 3.05) is 14.1 Å². The van der Waals surface area contributed by atoms with Crippen LogP contribution >= 0.6 is 11.8 Å². The lowest BCUT2D eigenvalue weighted by Gasteiger charge is -2.09. The molecule has 9 heteroatoms. The van der Waals surface area contributed by atoms with Gasteiger partial charge in [0, 0.05) is 25.2 Å². The normalized spacial score (nSPS) is 11.5. The molecule has 2 aromatic heterocycles. The number of aromatic nitrogens is 1. The molecule has 28 heavy (non-hydrogen) atoms. The van der Waals surface area contributed by atoms with Gasteiger partial charge in [0.2, 0.25) is 5.09 Å². The highest BCUT2D eigenvalue weighted by Gasteiger charge is 2.22. The number of benzene rings is 1. The zero-order valence-corrected chi connectivity index (χ0v) is 16.9. The van der Waals surface area contributed by atoms with E-state index in [4.69, 9.17) is 9.15 Å². The quantitative estimate of drug-likeness (QED) is 0.543. The molecule has 3 aromatic rings. The number of esters is 1. The molecule has 0 saturated carbocycles. The first-order valence-electron chi connectivity index (χ1n) is 8.24. The summed E-state index contributed by atoms with van der Waals surface area (Å²) in [6, 6.07) is 15.6. The highest BCUT2D eigenvalue weighted by molar-refractivity contribution is 7.99. The van der Waals surface area contributed by atoms with E-state index in [2.05, 4.69) is 4.98 Å². The molecule has 0 unspecified atom stereocenters. The van der Waals surface area contributed by atoms with Crippen molar-refractivity contribution in [2.45, 2.75) is 21.6 Å². The minimum atomic E-state index is -3.68. The van der Waals surface area contributed by atoms with Crippen molar-refractivity contribution in [2.24, 2.45) is 0 Å². The highest BCUT2D eigenvalue weighted by Crippen LogP contribution is 2.29. The van der Waals surface area contributed by atoms with Crippen molar-refractivity contribution in [1.29, 1.82) is 0 Å². The number of sulfonamides is 1. The minimum Gasteiger partial charge on any atom is -0.454 e. The first-order chi connectivity index (χ1) is 13.4. The van der Waals surface area contributed by atoms with Crippen LogP contribution in [-0.2, 0) is 21.4 Å². The van der Waals surface area contributed by atoms with Crippen LogP contribution in [0.2, 0.25) is 0 Å². The van der Waals surface area contributed by atoms with Gasteiger partial charge in [-0.2, -0.15) is 0 Å². The molecule has 0 radical (unpaired) electrons. The van der Waals surface area contributed by atoms with Crippen LogP contribution in [0, 0.1) is 0 Å². The third-order valence-electron chi connectivity index (χ3n) is 3.67. The predicted molar refractivity (Wildman–Crippen MR) is 104 cm³/mol. The molecule has 0 aliphatic rings. The summed E-state index contributed by atoms with van der Waals surface area (Å²) >= 11 is 1.35. The standard InChI is InChI=1S/C19H18N2O5S2/c1-21(2)28(23,24)17-11-10-14(26-17)13-25-19(22)16-9-6-12-20-18(16)27-15-7-4-3-5-8-15/h3-12H,13H2,1-2H3. The number of rotatable bonds is 7. The van der Waals surface area contributed by atoms with Crippen molar-refractivity contribution < 1.29 is 22.4 Å². The topological polar surface area (TPSA) is 89.7 Å². The molecule has 0 spiro atoms. The molecule has 0 bridgehead atoms. The fourth-order valence-electron chi connectivity index (χ4n) is 2.20. The second kappa shape index (κ2) is 8.59. The number of hydrogen-bond acceptors (Lipinski definition) is 7. The van der Waals surface area contributed by atoms with Gasteiger partial charge in [0.05, 0.1) is 5.56 Å². The fraction of sp³-hybridized carbons (Fsp3) is 0.158. The number of carbonyl (C=O) groups is 1. The zero-order valence-electron chi connectivity index (χ0n) is 15.2. The van der Waals surface area contributed by atoms with Gasteiger partial charge in [-0.15, -0.1) is 0 Å². The van der Waals surface area contributed by atoms with E-state index in [-0.39, 0.29) is 17.5 Å². The average Bonchev–Trinajstić information content (AvgIpc) is 3.17. The van der Waals surface area contributed by atoms with Crippen LogP contribution in [0.5, 0.6) is 0 Å². The van der Waals surface area contributed by atoms with Gasteiger partial charge >= 0.3 is 5.97 Å². The molecule has 1 aromatic carbocycles. The van der Waals surface area contributed by atoms with Gasteiger partial charge in [-0.1, -0.05) is 30.0 Å². The summed E-state index contributed by atoms with van der Waals surface area (Å²) in [6.07, 6.45) is 1.60. The summed E-state index contributed by atoms with van der Waals surface area (Å²) < 4.78 is 35.7. The van der Waals surface area contributed by atoms with E-state index in [1.165, 1.54) is 38.0 Å².